The SMILES string of the molecule is Cc1ccc(NC(=O)CNc2ccc(Cl)cc2)cc1Br. The highest BCUT2D eigenvalue weighted by molar-refractivity contribution is 9.10. The smallest absolute Gasteiger partial charge is 0.243 e. The summed E-state index contributed by atoms with van der Waals surface area (Å²) in [7, 11) is 0. The lowest BCUT2D eigenvalue weighted by atomic mass is 10.2. The molecule has 1 amide bonds. The van der Waals surface area contributed by atoms with Gasteiger partial charge in [-0.15, -0.1) is 0 Å². The standard InChI is InChI=1S/C15H14BrClN2O/c1-10-2-5-13(8-14(10)16)19-15(20)9-18-12-6-3-11(17)4-7-12/h2-8,18H,9H2,1H3,(H,19,20). The maximum Gasteiger partial charge on any atom is 0.243 e. The lowest BCUT2D eigenvalue weighted by Crippen LogP contribution is -2.21. The molecule has 0 fully saturated rings. The van der Waals surface area contributed by atoms with E-state index < -0.39 is 0 Å². The van der Waals surface area contributed by atoms with Crippen LogP contribution in [-0.2, 0) is 4.79 Å². The normalized spacial score (nSPS) is 10.2. The highest BCUT2D eigenvalue weighted by Gasteiger charge is 2.03. The molecular formula is C15H14BrClN2O. The summed E-state index contributed by atoms with van der Waals surface area (Å²) in [4.78, 5) is 11.8. The van der Waals surface area contributed by atoms with Crippen molar-refractivity contribution in [3.05, 3.63) is 57.5 Å². The van der Waals surface area contributed by atoms with Crippen molar-refractivity contribution in [2.24, 2.45) is 0 Å². The number of halogens is 2. The summed E-state index contributed by atoms with van der Waals surface area (Å²) in [6, 6.07) is 12.9. The zero-order valence-electron chi connectivity index (χ0n) is 10.9. The number of hydrogen-bond donors (Lipinski definition) is 2. The lowest BCUT2D eigenvalue weighted by Gasteiger charge is -2.09. The Kier molecular flexibility index (Phi) is 5.04. The Morgan fingerprint density at radius 3 is 2.45 bits per heavy atom. The molecule has 0 atom stereocenters. The minimum Gasteiger partial charge on any atom is -0.376 e. The zero-order valence-corrected chi connectivity index (χ0v) is 13.3. The molecule has 2 rings (SSSR count). The van der Waals surface area contributed by atoms with Crippen LogP contribution in [0.5, 0.6) is 0 Å². The Labute approximate surface area is 131 Å². The maximum atomic E-state index is 11.8. The van der Waals surface area contributed by atoms with Gasteiger partial charge in [0.05, 0.1) is 6.54 Å². The number of amides is 1. The van der Waals surface area contributed by atoms with Crippen molar-refractivity contribution < 1.29 is 4.79 Å². The minimum atomic E-state index is -0.101. The molecule has 5 heteroatoms. The summed E-state index contributed by atoms with van der Waals surface area (Å²) in [5, 5.41) is 6.54. The molecule has 0 aromatic heterocycles. The van der Waals surface area contributed by atoms with Gasteiger partial charge >= 0.3 is 0 Å². The van der Waals surface area contributed by atoms with Gasteiger partial charge < -0.3 is 10.6 Å². The predicted molar refractivity (Wildman–Crippen MR) is 87.5 cm³/mol. The van der Waals surface area contributed by atoms with Crippen LogP contribution in [-0.4, -0.2) is 12.5 Å². The fraction of sp³-hybridized carbons (Fsp3) is 0.133. The van der Waals surface area contributed by atoms with Gasteiger partial charge in [0.15, 0.2) is 0 Å². The first-order valence-electron chi connectivity index (χ1n) is 6.10. The number of aryl methyl sites for hydroxylation is 1. The Bertz CT molecular complexity index is 614. The van der Waals surface area contributed by atoms with Crippen molar-refractivity contribution in [3.63, 3.8) is 0 Å². The molecule has 0 radical (unpaired) electrons. The van der Waals surface area contributed by atoms with Crippen LogP contribution in [0, 0.1) is 6.92 Å². The average molecular weight is 354 g/mol. The molecular weight excluding hydrogens is 340 g/mol. The molecule has 104 valence electrons. The summed E-state index contributed by atoms with van der Waals surface area (Å²) in [6.45, 7) is 2.20. The van der Waals surface area contributed by atoms with Crippen LogP contribution >= 0.6 is 27.5 Å². The third-order valence-corrected chi connectivity index (χ3v) is 3.86. The van der Waals surface area contributed by atoms with Crippen LogP contribution in [0.2, 0.25) is 5.02 Å². The van der Waals surface area contributed by atoms with Crippen molar-refractivity contribution in [2.75, 3.05) is 17.2 Å². The number of carbonyl (C=O) groups is 1. The summed E-state index contributed by atoms with van der Waals surface area (Å²) >= 11 is 9.24. The fourth-order valence-corrected chi connectivity index (χ4v) is 2.13. The van der Waals surface area contributed by atoms with Crippen molar-refractivity contribution in [2.45, 2.75) is 6.92 Å². The second-order valence-corrected chi connectivity index (χ2v) is 5.66. The largest absolute Gasteiger partial charge is 0.376 e. The number of anilines is 2. The van der Waals surface area contributed by atoms with Gasteiger partial charge in [0.1, 0.15) is 0 Å². The summed E-state index contributed by atoms with van der Waals surface area (Å²) < 4.78 is 0.973. The van der Waals surface area contributed by atoms with Crippen LogP contribution in [0.1, 0.15) is 5.56 Å². The average Bonchev–Trinajstić information content (AvgIpc) is 2.42. The van der Waals surface area contributed by atoms with E-state index in [1.807, 2.05) is 37.3 Å². The summed E-state index contributed by atoms with van der Waals surface area (Å²) in [5.41, 5.74) is 2.75. The topological polar surface area (TPSA) is 41.1 Å². The Balaban J connectivity index is 1.89. The second kappa shape index (κ2) is 6.77. The Morgan fingerprint density at radius 1 is 1.15 bits per heavy atom. The first-order valence-corrected chi connectivity index (χ1v) is 7.27. The first-order chi connectivity index (χ1) is 9.54. The van der Waals surface area contributed by atoms with Crippen molar-refractivity contribution >= 4 is 44.8 Å². The maximum absolute atomic E-state index is 11.8. The third kappa shape index (κ3) is 4.25. The van der Waals surface area contributed by atoms with E-state index >= 15 is 0 Å². The Morgan fingerprint density at radius 2 is 1.80 bits per heavy atom. The van der Waals surface area contributed by atoms with Crippen LogP contribution in [0.4, 0.5) is 11.4 Å². The van der Waals surface area contributed by atoms with Crippen LogP contribution in [0.3, 0.4) is 0 Å². The number of benzene rings is 2. The molecule has 2 aromatic carbocycles. The van der Waals surface area contributed by atoms with Crippen molar-refractivity contribution in [3.8, 4) is 0 Å². The summed E-state index contributed by atoms with van der Waals surface area (Å²) in [5.74, 6) is -0.101. The van der Waals surface area contributed by atoms with Crippen molar-refractivity contribution in [1.29, 1.82) is 0 Å². The number of hydrogen-bond acceptors (Lipinski definition) is 2. The van der Waals surface area contributed by atoms with Gasteiger partial charge in [-0.2, -0.15) is 0 Å². The highest BCUT2D eigenvalue weighted by Crippen LogP contribution is 2.20. The lowest BCUT2D eigenvalue weighted by molar-refractivity contribution is -0.114. The minimum absolute atomic E-state index is 0.101. The molecule has 0 aliphatic carbocycles. The van der Waals surface area contributed by atoms with Gasteiger partial charge in [-0.05, 0) is 48.9 Å². The summed E-state index contributed by atoms with van der Waals surface area (Å²) in [6.07, 6.45) is 0. The van der Waals surface area contributed by atoms with Gasteiger partial charge in [0.25, 0.3) is 0 Å². The van der Waals surface area contributed by atoms with Gasteiger partial charge in [-0.1, -0.05) is 33.6 Å². The van der Waals surface area contributed by atoms with Gasteiger partial charge in [0, 0.05) is 20.9 Å². The quantitative estimate of drug-likeness (QED) is 0.852. The molecule has 0 bridgehead atoms. The van der Waals surface area contributed by atoms with Gasteiger partial charge in [0.2, 0.25) is 5.91 Å². The van der Waals surface area contributed by atoms with E-state index in [2.05, 4.69) is 26.6 Å². The zero-order chi connectivity index (χ0) is 14.5. The molecule has 0 spiro atoms. The molecule has 0 saturated heterocycles. The van der Waals surface area contributed by atoms with Crippen LogP contribution in [0.15, 0.2) is 46.9 Å². The molecule has 0 saturated carbocycles. The van der Waals surface area contributed by atoms with E-state index in [1.54, 1.807) is 12.1 Å². The number of nitrogens with one attached hydrogen (secondary N) is 2. The number of carbonyl (C=O) groups excluding carboxylic acids is 1. The van der Waals surface area contributed by atoms with E-state index in [1.165, 1.54) is 0 Å². The van der Waals surface area contributed by atoms with Crippen molar-refractivity contribution in [1.82, 2.24) is 0 Å². The van der Waals surface area contributed by atoms with E-state index in [4.69, 9.17) is 11.6 Å². The fourth-order valence-electron chi connectivity index (χ4n) is 1.63. The molecule has 0 aliphatic rings. The molecule has 0 unspecified atom stereocenters. The monoisotopic (exact) mass is 352 g/mol. The number of rotatable bonds is 4. The van der Waals surface area contributed by atoms with Gasteiger partial charge in [-0.25, -0.2) is 0 Å². The van der Waals surface area contributed by atoms with Crippen LogP contribution < -0.4 is 10.6 Å². The first kappa shape index (κ1) is 14.9. The Hall–Kier alpha value is -1.52. The van der Waals surface area contributed by atoms with Gasteiger partial charge in [-0.3, -0.25) is 4.79 Å². The highest BCUT2D eigenvalue weighted by atomic mass is 79.9. The van der Waals surface area contributed by atoms with E-state index in [9.17, 15) is 4.79 Å². The molecule has 0 aliphatic heterocycles. The third-order valence-electron chi connectivity index (χ3n) is 2.75. The van der Waals surface area contributed by atoms with E-state index in [-0.39, 0.29) is 12.5 Å². The molecule has 2 aromatic rings. The van der Waals surface area contributed by atoms with E-state index in [0.717, 1.165) is 21.4 Å². The predicted octanol–water partition coefficient (Wildman–Crippen LogP) is 4.46. The molecule has 20 heavy (non-hydrogen) atoms. The molecule has 0 heterocycles. The molecule has 2 N–H and O–H groups in total. The molecule has 3 nitrogen and oxygen atoms in total. The van der Waals surface area contributed by atoms with Crippen LogP contribution in [0.25, 0.3) is 0 Å². The second-order valence-electron chi connectivity index (χ2n) is 4.37. The van der Waals surface area contributed by atoms with E-state index in [0.29, 0.717) is 5.02 Å².